The highest BCUT2D eigenvalue weighted by Crippen LogP contribution is 2.33. The summed E-state index contributed by atoms with van der Waals surface area (Å²) in [5.41, 5.74) is 2.92. The molecule has 0 saturated carbocycles. The van der Waals surface area contributed by atoms with E-state index in [2.05, 4.69) is 9.80 Å². The molecule has 9 heteroatoms. The highest BCUT2D eigenvalue weighted by molar-refractivity contribution is 6.43. The molecule has 3 rings (SSSR count). The van der Waals surface area contributed by atoms with E-state index in [1.807, 2.05) is 48.3 Å². The van der Waals surface area contributed by atoms with Crippen LogP contribution in [0.4, 0.5) is 11.4 Å². The molecule has 0 radical (unpaired) electrons. The first-order valence-electron chi connectivity index (χ1n) is 12.3. The number of aldehydes is 1. The summed E-state index contributed by atoms with van der Waals surface area (Å²) in [6.07, 6.45) is 3.97. The van der Waals surface area contributed by atoms with Crippen LogP contribution >= 0.6 is 23.2 Å². The number of anilines is 2. The molecule has 1 aliphatic rings. The van der Waals surface area contributed by atoms with Crippen molar-refractivity contribution in [2.75, 3.05) is 62.9 Å². The van der Waals surface area contributed by atoms with Gasteiger partial charge in [-0.1, -0.05) is 35.3 Å². The summed E-state index contributed by atoms with van der Waals surface area (Å²) < 4.78 is 11.1. The van der Waals surface area contributed by atoms with Crippen molar-refractivity contribution in [3.05, 3.63) is 52.0 Å². The van der Waals surface area contributed by atoms with Crippen molar-refractivity contribution < 1.29 is 19.1 Å². The fraction of sp³-hybridized carbons (Fsp3) is 0.481. The van der Waals surface area contributed by atoms with Gasteiger partial charge < -0.3 is 24.1 Å². The smallest absolute Gasteiger partial charge is 0.304 e. The summed E-state index contributed by atoms with van der Waals surface area (Å²) in [7, 11) is 1.85. The number of aryl methyl sites for hydroxylation is 1. The predicted octanol–water partition coefficient (Wildman–Crippen LogP) is 5.06. The maximum atomic E-state index is 11.2. The Morgan fingerprint density at radius 3 is 2.61 bits per heavy atom. The molecule has 0 N–H and O–H groups in total. The molecule has 196 valence electrons. The minimum Gasteiger partial charge on any atom is -0.494 e. The van der Waals surface area contributed by atoms with Crippen molar-refractivity contribution in [1.29, 1.82) is 0 Å². The second kappa shape index (κ2) is 14.3. The van der Waals surface area contributed by atoms with Crippen LogP contribution in [0.3, 0.4) is 0 Å². The molecule has 1 heterocycles. The summed E-state index contributed by atoms with van der Waals surface area (Å²) in [6, 6.07) is 11.6. The number of benzene rings is 2. The van der Waals surface area contributed by atoms with Crippen molar-refractivity contribution in [3.63, 3.8) is 0 Å². The van der Waals surface area contributed by atoms with Gasteiger partial charge in [0.05, 0.1) is 22.3 Å². The summed E-state index contributed by atoms with van der Waals surface area (Å²) in [6.45, 7) is 7.01. The lowest BCUT2D eigenvalue weighted by molar-refractivity contribution is -0.140. The lowest BCUT2D eigenvalue weighted by Crippen LogP contribution is -2.46. The van der Waals surface area contributed by atoms with Gasteiger partial charge in [-0.2, -0.15) is 0 Å². The van der Waals surface area contributed by atoms with Crippen molar-refractivity contribution in [3.8, 4) is 5.75 Å². The third-order valence-corrected chi connectivity index (χ3v) is 7.05. The fourth-order valence-corrected chi connectivity index (χ4v) is 4.66. The second-order valence-electron chi connectivity index (χ2n) is 8.92. The molecule has 0 aliphatic carbocycles. The van der Waals surface area contributed by atoms with Gasteiger partial charge in [0.15, 0.2) is 6.73 Å². The molecule has 0 aromatic heterocycles. The molecule has 0 atom stereocenters. The first-order valence-corrected chi connectivity index (χ1v) is 13.1. The zero-order chi connectivity index (χ0) is 25.9. The van der Waals surface area contributed by atoms with E-state index in [1.54, 1.807) is 0 Å². The summed E-state index contributed by atoms with van der Waals surface area (Å²) in [4.78, 5) is 28.7. The number of hydrogen-bond donors (Lipinski definition) is 0. The number of piperazine rings is 1. The third-order valence-electron chi connectivity index (χ3n) is 6.24. The van der Waals surface area contributed by atoms with Crippen molar-refractivity contribution in [1.82, 2.24) is 4.90 Å². The molecule has 2 aromatic rings. The van der Waals surface area contributed by atoms with Crippen LogP contribution in [0, 0.1) is 0 Å². The van der Waals surface area contributed by atoms with Gasteiger partial charge in [0.25, 0.3) is 0 Å². The van der Waals surface area contributed by atoms with E-state index in [-0.39, 0.29) is 12.7 Å². The zero-order valence-electron chi connectivity index (χ0n) is 21.1. The van der Waals surface area contributed by atoms with Gasteiger partial charge in [0, 0.05) is 58.3 Å². The van der Waals surface area contributed by atoms with Crippen LogP contribution in [0.2, 0.25) is 10.0 Å². The lowest BCUT2D eigenvalue weighted by Gasteiger charge is -2.36. The summed E-state index contributed by atoms with van der Waals surface area (Å²) >= 11 is 12.5. The molecule has 0 amide bonds. The first-order chi connectivity index (χ1) is 17.4. The van der Waals surface area contributed by atoms with Gasteiger partial charge in [-0.25, -0.2) is 0 Å². The van der Waals surface area contributed by atoms with E-state index >= 15 is 0 Å². The Balaban J connectivity index is 1.42. The average molecular weight is 537 g/mol. The number of carbonyl (C=O) groups is 2. The average Bonchev–Trinajstić information content (AvgIpc) is 2.88. The van der Waals surface area contributed by atoms with Crippen LogP contribution in [0.1, 0.15) is 31.7 Å². The lowest BCUT2D eigenvalue weighted by atomic mass is 10.1. The van der Waals surface area contributed by atoms with Gasteiger partial charge in [0.2, 0.25) is 0 Å². The Kier molecular flexibility index (Phi) is 11.2. The Hall–Kier alpha value is -2.48. The number of halogens is 2. The van der Waals surface area contributed by atoms with E-state index in [9.17, 15) is 9.59 Å². The van der Waals surface area contributed by atoms with Crippen molar-refractivity contribution >= 4 is 46.8 Å². The van der Waals surface area contributed by atoms with E-state index in [0.29, 0.717) is 29.5 Å². The Morgan fingerprint density at radius 1 is 1.11 bits per heavy atom. The van der Waals surface area contributed by atoms with E-state index in [4.69, 9.17) is 32.7 Å². The SMILES string of the molecule is CC(=O)OCN(C)c1cc(OCCCCN2CCN(c3cccc(Cl)c3Cl)CC2)ccc1CCC=O. The normalized spacial score (nSPS) is 13.9. The molecular weight excluding hydrogens is 501 g/mol. The minimum atomic E-state index is -0.335. The quantitative estimate of drug-likeness (QED) is 0.153. The van der Waals surface area contributed by atoms with Crippen LogP contribution in [0.15, 0.2) is 36.4 Å². The topological polar surface area (TPSA) is 62.3 Å². The van der Waals surface area contributed by atoms with Gasteiger partial charge in [-0.3, -0.25) is 9.69 Å². The van der Waals surface area contributed by atoms with Gasteiger partial charge in [-0.05, 0) is 49.6 Å². The molecule has 0 bridgehead atoms. The van der Waals surface area contributed by atoms with Gasteiger partial charge in [-0.15, -0.1) is 0 Å². The maximum Gasteiger partial charge on any atom is 0.304 e. The number of hydrogen-bond acceptors (Lipinski definition) is 7. The molecule has 0 spiro atoms. The predicted molar refractivity (Wildman–Crippen MR) is 146 cm³/mol. The number of carbonyl (C=O) groups excluding carboxylic acids is 2. The Labute approximate surface area is 223 Å². The van der Waals surface area contributed by atoms with E-state index in [1.165, 1.54) is 6.92 Å². The van der Waals surface area contributed by atoms with Crippen LogP contribution in [-0.2, 0) is 20.7 Å². The molecule has 0 unspecified atom stereocenters. The molecule has 1 saturated heterocycles. The standard InChI is InChI=1S/C27H35Cl2N3O4/c1-21(34)36-20-30(2)26-19-23(11-10-22(26)7-6-17-33)35-18-4-3-12-31-13-15-32(16-14-31)25-9-5-8-24(28)27(25)29/h5,8-11,17,19H,3-4,6-7,12-16,18,20H2,1-2H3. The van der Waals surface area contributed by atoms with Gasteiger partial charge in [0.1, 0.15) is 12.0 Å². The maximum absolute atomic E-state index is 11.2. The van der Waals surface area contributed by atoms with Crippen molar-refractivity contribution in [2.45, 2.75) is 32.6 Å². The third kappa shape index (κ3) is 8.29. The molecule has 1 fully saturated rings. The molecule has 36 heavy (non-hydrogen) atoms. The Morgan fingerprint density at radius 2 is 1.89 bits per heavy atom. The number of nitrogens with zero attached hydrogens (tertiary/aromatic N) is 3. The highest BCUT2D eigenvalue weighted by Gasteiger charge is 2.19. The summed E-state index contributed by atoms with van der Waals surface area (Å²) in [5.74, 6) is 0.430. The fourth-order valence-electron chi connectivity index (χ4n) is 4.25. The largest absolute Gasteiger partial charge is 0.494 e. The highest BCUT2D eigenvalue weighted by atomic mass is 35.5. The van der Waals surface area contributed by atoms with E-state index in [0.717, 1.165) is 74.5 Å². The number of rotatable bonds is 13. The van der Waals surface area contributed by atoms with Crippen LogP contribution < -0.4 is 14.5 Å². The first kappa shape index (κ1) is 28.1. The van der Waals surface area contributed by atoms with Crippen LogP contribution in [-0.4, -0.2) is 70.3 Å². The van der Waals surface area contributed by atoms with Gasteiger partial charge >= 0.3 is 5.97 Å². The zero-order valence-corrected chi connectivity index (χ0v) is 22.6. The number of ether oxygens (including phenoxy) is 2. The Bertz CT molecular complexity index is 1010. The molecule has 7 nitrogen and oxygen atoms in total. The number of unbranched alkanes of at least 4 members (excludes halogenated alkanes) is 1. The summed E-state index contributed by atoms with van der Waals surface area (Å²) in [5, 5.41) is 1.22. The molecule has 1 aliphatic heterocycles. The van der Waals surface area contributed by atoms with Crippen LogP contribution in [0.25, 0.3) is 0 Å². The monoisotopic (exact) mass is 535 g/mol. The van der Waals surface area contributed by atoms with E-state index < -0.39 is 0 Å². The molecular formula is C27H35Cl2N3O4. The van der Waals surface area contributed by atoms with Crippen LogP contribution in [0.5, 0.6) is 5.75 Å². The van der Waals surface area contributed by atoms with Crippen molar-refractivity contribution in [2.24, 2.45) is 0 Å². The molecule has 2 aromatic carbocycles. The minimum absolute atomic E-state index is 0.143. The second-order valence-corrected chi connectivity index (χ2v) is 9.70. The number of esters is 1.